The Morgan fingerprint density at radius 1 is 1.12 bits per heavy atom. The van der Waals surface area contributed by atoms with E-state index >= 15 is 0 Å². The SMILES string of the molecule is CC(C)n1cnnc1C1CCN([C@H](C)c2nc3ccccc3o2)CC1. The lowest BCUT2D eigenvalue weighted by Gasteiger charge is -2.34. The van der Waals surface area contributed by atoms with E-state index in [9.17, 15) is 0 Å². The van der Waals surface area contributed by atoms with E-state index in [0.29, 0.717) is 12.0 Å². The Labute approximate surface area is 147 Å². The van der Waals surface area contributed by atoms with Gasteiger partial charge in [-0.1, -0.05) is 12.1 Å². The maximum Gasteiger partial charge on any atom is 0.212 e. The minimum absolute atomic E-state index is 0.191. The lowest BCUT2D eigenvalue weighted by Crippen LogP contribution is -2.35. The van der Waals surface area contributed by atoms with Gasteiger partial charge in [-0.15, -0.1) is 10.2 Å². The van der Waals surface area contributed by atoms with Gasteiger partial charge < -0.3 is 8.98 Å². The molecule has 6 nitrogen and oxygen atoms in total. The fourth-order valence-electron chi connectivity index (χ4n) is 3.71. The van der Waals surface area contributed by atoms with Crippen molar-refractivity contribution in [2.75, 3.05) is 13.1 Å². The minimum Gasteiger partial charge on any atom is -0.439 e. The van der Waals surface area contributed by atoms with Gasteiger partial charge in [0.05, 0.1) is 6.04 Å². The Morgan fingerprint density at radius 3 is 2.60 bits per heavy atom. The summed E-state index contributed by atoms with van der Waals surface area (Å²) >= 11 is 0. The second kappa shape index (κ2) is 6.59. The quantitative estimate of drug-likeness (QED) is 0.720. The third-order valence-corrected chi connectivity index (χ3v) is 5.27. The summed E-state index contributed by atoms with van der Waals surface area (Å²) in [4.78, 5) is 7.11. The van der Waals surface area contributed by atoms with E-state index in [-0.39, 0.29) is 6.04 Å². The number of oxazole rings is 1. The summed E-state index contributed by atoms with van der Waals surface area (Å²) in [6.07, 6.45) is 4.04. The topological polar surface area (TPSA) is 60.0 Å². The summed E-state index contributed by atoms with van der Waals surface area (Å²) in [7, 11) is 0. The Balaban J connectivity index is 1.45. The highest BCUT2D eigenvalue weighted by molar-refractivity contribution is 5.72. The molecule has 4 rings (SSSR count). The van der Waals surface area contributed by atoms with Crippen LogP contribution in [0.15, 0.2) is 35.0 Å². The van der Waals surface area contributed by atoms with Crippen LogP contribution in [0.2, 0.25) is 0 Å². The Morgan fingerprint density at radius 2 is 1.88 bits per heavy atom. The lowest BCUT2D eigenvalue weighted by molar-refractivity contribution is 0.141. The van der Waals surface area contributed by atoms with Gasteiger partial charge in [0, 0.05) is 12.0 Å². The molecule has 0 aliphatic carbocycles. The van der Waals surface area contributed by atoms with Crippen LogP contribution in [0, 0.1) is 0 Å². The van der Waals surface area contributed by atoms with Gasteiger partial charge in [-0.2, -0.15) is 0 Å². The first-order valence-corrected chi connectivity index (χ1v) is 9.12. The van der Waals surface area contributed by atoms with Crippen molar-refractivity contribution in [2.45, 2.75) is 51.6 Å². The summed E-state index contributed by atoms with van der Waals surface area (Å²) < 4.78 is 8.15. The molecule has 0 spiro atoms. The highest BCUT2D eigenvalue weighted by Gasteiger charge is 2.29. The highest BCUT2D eigenvalue weighted by Crippen LogP contribution is 2.32. The predicted molar refractivity (Wildman–Crippen MR) is 96.4 cm³/mol. The molecule has 1 aliphatic heterocycles. The zero-order valence-electron chi connectivity index (χ0n) is 15.1. The molecule has 0 bridgehead atoms. The third-order valence-electron chi connectivity index (χ3n) is 5.27. The predicted octanol–water partition coefficient (Wildman–Crippen LogP) is 3.94. The van der Waals surface area contributed by atoms with Crippen LogP contribution in [0.25, 0.3) is 11.1 Å². The second-order valence-electron chi connectivity index (χ2n) is 7.20. The molecule has 6 heteroatoms. The standard InChI is InChI=1S/C19H25N5O/c1-13(2)24-12-20-22-18(24)15-8-10-23(11-9-15)14(3)19-21-16-6-4-5-7-17(16)25-19/h4-7,12-15H,8-11H2,1-3H3/t14-/m1/s1. The second-order valence-corrected chi connectivity index (χ2v) is 7.20. The summed E-state index contributed by atoms with van der Waals surface area (Å²) in [5.74, 6) is 2.42. The zero-order valence-corrected chi connectivity index (χ0v) is 15.1. The molecule has 0 amide bonds. The molecule has 1 saturated heterocycles. The fraction of sp³-hybridized carbons (Fsp3) is 0.526. The number of hydrogen-bond acceptors (Lipinski definition) is 5. The number of piperidine rings is 1. The molecule has 1 aliphatic rings. The van der Waals surface area contributed by atoms with E-state index in [1.807, 2.05) is 30.6 Å². The van der Waals surface area contributed by atoms with Crippen LogP contribution in [-0.2, 0) is 0 Å². The molecule has 1 fully saturated rings. The molecule has 132 valence electrons. The fourth-order valence-corrected chi connectivity index (χ4v) is 3.71. The van der Waals surface area contributed by atoms with E-state index in [1.54, 1.807) is 0 Å². The van der Waals surface area contributed by atoms with E-state index in [0.717, 1.165) is 48.7 Å². The number of likely N-dealkylation sites (tertiary alicyclic amines) is 1. The first kappa shape index (κ1) is 16.3. The van der Waals surface area contributed by atoms with Crippen LogP contribution >= 0.6 is 0 Å². The largest absolute Gasteiger partial charge is 0.439 e. The normalized spacial score (nSPS) is 18.2. The average molecular weight is 339 g/mol. The van der Waals surface area contributed by atoms with Gasteiger partial charge in [-0.05, 0) is 58.8 Å². The molecule has 3 heterocycles. The van der Waals surface area contributed by atoms with Gasteiger partial charge in [-0.25, -0.2) is 4.98 Å². The lowest BCUT2D eigenvalue weighted by atomic mass is 9.94. The van der Waals surface area contributed by atoms with Crippen LogP contribution < -0.4 is 0 Å². The molecule has 1 atom stereocenters. The zero-order chi connectivity index (χ0) is 17.4. The summed E-state index contributed by atoms with van der Waals surface area (Å²) in [5.41, 5.74) is 1.80. The van der Waals surface area contributed by atoms with Crippen molar-refractivity contribution in [3.05, 3.63) is 42.3 Å². The Bertz CT molecular complexity index is 811. The average Bonchev–Trinajstić information content (AvgIpc) is 3.28. The summed E-state index contributed by atoms with van der Waals surface area (Å²) in [5, 5.41) is 8.50. The molecular weight excluding hydrogens is 314 g/mol. The number of fused-ring (bicyclic) bond motifs is 1. The van der Waals surface area contributed by atoms with Crippen LogP contribution in [0.5, 0.6) is 0 Å². The molecule has 25 heavy (non-hydrogen) atoms. The van der Waals surface area contributed by atoms with Gasteiger partial charge in [0.1, 0.15) is 17.7 Å². The van der Waals surface area contributed by atoms with Crippen LogP contribution in [0.4, 0.5) is 0 Å². The monoisotopic (exact) mass is 339 g/mol. The Kier molecular flexibility index (Phi) is 4.29. The highest BCUT2D eigenvalue weighted by atomic mass is 16.3. The third kappa shape index (κ3) is 3.06. The first-order valence-electron chi connectivity index (χ1n) is 9.12. The van der Waals surface area contributed by atoms with Crippen LogP contribution in [0.1, 0.15) is 63.3 Å². The maximum atomic E-state index is 5.95. The number of benzene rings is 1. The van der Waals surface area contributed by atoms with Gasteiger partial charge in [0.2, 0.25) is 5.89 Å². The summed E-state index contributed by atoms with van der Waals surface area (Å²) in [6, 6.07) is 8.55. The number of para-hydroxylation sites is 2. The van der Waals surface area contributed by atoms with Crippen molar-refractivity contribution in [3.8, 4) is 0 Å². The van der Waals surface area contributed by atoms with Gasteiger partial charge in [-0.3, -0.25) is 4.90 Å². The van der Waals surface area contributed by atoms with Gasteiger partial charge >= 0.3 is 0 Å². The minimum atomic E-state index is 0.191. The van der Waals surface area contributed by atoms with Crippen LogP contribution in [-0.4, -0.2) is 37.7 Å². The molecular formula is C19H25N5O. The molecule has 0 radical (unpaired) electrons. The van der Waals surface area contributed by atoms with Gasteiger partial charge in [0.25, 0.3) is 0 Å². The van der Waals surface area contributed by atoms with Crippen LogP contribution in [0.3, 0.4) is 0 Å². The number of aromatic nitrogens is 4. The van der Waals surface area contributed by atoms with Crippen molar-refractivity contribution >= 4 is 11.1 Å². The summed E-state index contributed by atoms with van der Waals surface area (Å²) in [6.45, 7) is 8.58. The number of rotatable bonds is 4. The molecule has 0 unspecified atom stereocenters. The van der Waals surface area contributed by atoms with E-state index in [4.69, 9.17) is 4.42 Å². The van der Waals surface area contributed by atoms with Gasteiger partial charge in [0.15, 0.2) is 5.58 Å². The van der Waals surface area contributed by atoms with Crippen molar-refractivity contribution in [1.29, 1.82) is 0 Å². The molecule has 0 saturated carbocycles. The van der Waals surface area contributed by atoms with E-state index < -0.39 is 0 Å². The number of hydrogen-bond donors (Lipinski definition) is 0. The van der Waals surface area contributed by atoms with Crippen molar-refractivity contribution in [2.24, 2.45) is 0 Å². The smallest absolute Gasteiger partial charge is 0.212 e. The molecule has 2 aromatic heterocycles. The van der Waals surface area contributed by atoms with Crippen molar-refractivity contribution < 1.29 is 4.42 Å². The molecule has 1 aromatic carbocycles. The van der Waals surface area contributed by atoms with Crippen molar-refractivity contribution in [3.63, 3.8) is 0 Å². The van der Waals surface area contributed by atoms with Crippen molar-refractivity contribution in [1.82, 2.24) is 24.6 Å². The Hall–Kier alpha value is -2.21. The van der Waals surface area contributed by atoms with E-state index in [1.165, 1.54) is 0 Å². The van der Waals surface area contributed by atoms with E-state index in [2.05, 4.69) is 45.4 Å². The maximum absolute atomic E-state index is 5.95. The number of nitrogens with zero attached hydrogens (tertiary/aromatic N) is 5. The molecule has 3 aromatic rings. The first-order chi connectivity index (χ1) is 12.1. The molecule has 0 N–H and O–H groups in total.